The van der Waals surface area contributed by atoms with Crippen LogP contribution in [-0.2, 0) is 0 Å². The quantitative estimate of drug-likeness (QED) is 0.561. The molecule has 1 aromatic carbocycles. The Morgan fingerprint density at radius 1 is 1.53 bits per heavy atom. The summed E-state index contributed by atoms with van der Waals surface area (Å²) >= 11 is 0. The largest absolute Gasteiger partial charge is 0.329 e. The molecule has 0 radical (unpaired) electrons. The number of benzene rings is 1. The Labute approximate surface area is 101 Å². The topological polar surface area (TPSA) is 81.2 Å². The van der Waals surface area contributed by atoms with E-state index >= 15 is 0 Å². The molecule has 1 aromatic rings. The SMILES string of the molecule is CCCC(NCCN)c1cccc([N+](=O)[O-])c1. The van der Waals surface area contributed by atoms with Crippen molar-refractivity contribution in [3.8, 4) is 0 Å². The molecule has 0 saturated heterocycles. The van der Waals surface area contributed by atoms with Gasteiger partial charge in [-0.3, -0.25) is 10.1 Å². The van der Waals surface area contributed by atoms with Crippen LogP contribution in [0.4, 0.5) is 5.69 Å². The highest BCUT2D eigenvalue weighted by Crippen LogP contribution is 2.22. The molecule has 0 aromatic heterocycles. The molecule has 0 bridgehead atoms. The van der Waals surface area contributed by atoms with Crippen LogP contribution in [0.2, 0.25) is 0 Å². The smallest absolute Gasteiger partial charge is 0.269 e. The van der Waals surface area contributed by atoms with Crippen LogP contribution >= 0.6 is 0 Å². The van der Waals surface area contributed by atoms with Gasteiger partial charge in [-0.15, -0.1) is 0 Å². The van der Waals surface area contributed by atoms with Crippen molar-refractivity contribution in [2.24, 2.45) is 5.73 Å². The maximum Gasteiger partial charge on any atom is 0.269 e. The van der Waals surface area contributed by atoms with Crippen molar-refractivity contribution in [1.29, 1.82) is 0 Å². The lowest BCUT2D eigenvalue weighted by Crippen LogP contribution is -2.27. The molecule has 0 saturated carbocycles. The van der Waals surface area contributed by atoms with Crippen LogP contribution in [0, 0.1) is 10.1 Å². The molecule has 5 nitrogen and oxygen atoms in total. The second-order valence-electron chi connectivity index (χ2n) is 3.94. The number of nitrogens with zero attached hydrogens (tertiary/aromatic N) is 1. The Kier molecular flexibility index (Phi) is 5.59. The minimum atomic E-state index is -0.366. The first kappa shape index (κ1) is 13.6. The van der Waals surface area contributed by atoms with Crippen LogP contribution < -0.4 is 11.1 Å². The van der Waals surface area contributed by atoms with E-state index in [4.69, 9.17) is 5.73 Å². The Balaban J connectivity index is 2.84. The van der Waals surface area contributed by atoms with Crippen LogP contribution in [0.25, 0.3) is 0 Å². The Bertz CT molecular complexity index is 369. The molecular formula is C12H19N3O2. The Morgan fingerprint density at radius 2 is 2.29 bits per heavy atom. The molecule has 3 N–H and O–H groups in total. The van der Waals surface area contributed by atoms with E-state index in [1.165, 1.54) is 6.07 Å². The summed E-state index contributed by atoms with van der Waals surface area (Å²) in [6, 6.07) is 6.92. The predicted molar refractivity (Wildman–Crippen MR) is 67.8 cm³/mol. The standard InChI is InChI=1S/C12H19N3O2/c1-2-4-12(14-8-7-13)10-5-3-6-11(9-10)15(16)17/h3,5-6,9,12,14H,2,4,7-8,13H2,1H3. The third-order valence-electron chi connectivity index (χ3n) is 2.60. The van der Waals surface area contributed by atoms with E-state index in [1.807, 2.05) is 6.07 Å². The number of nitro groups is 1. The fraction of sp³-hybridized carbons (Fsp3) is 0.500. The highest BCUT2D eigenvalue weighted by molar-refractivity contribution is 5.35. The zero-order chi connectivity index (χ0) is 12.7. The van der Waals surface area contributed by atoms with E-state index in [2.05, 4.69) is 12.2 Å². The number of hydrogen-bond acceptors (Lipinski definition) is 4. The molecule has 0 heterocycles. The van der Waals surface area contributed by atoms with E-state index in [0.717, 1.165) is 18.4 Å². The number of nitrogens with one attached hydrogen (secondary N) is 1. The first-order valence-electron chi connectivity index (χ1n) is 5.86. The monoisotopic (exact) mass is 237 g/mol. The molecule has 0 aliphatic carbocycles. The molecule has 0 amide bonds. The second kappa shape index (κ2) is 6.98. The summed E-state index contributed by atoms with van der Waals surface area (Å²) in [7, 11) is 0. The van der Waals surface area contributed by atoms with Gasteiger partial charge in [0, 0.05) is 31.3 Å². The number of nitrogens with two attached hydrogens (primary N) is 1. The van der Waals surface area contributed by atoms with E-state index in [0.29, 0.717) is 13.1 Å². The lowest BCUT2D eigenvalue weighted by Gasteiger charge is -2.17. The average molecular weight is 237 g/mol. The minimum Gasteiger partial charge on any atom is -0.329 e. The summed E-state index contributed by atoms with van der Waals surface area (Å²) in [5.74, 6) is 0. The number of non-ortho nitro benzene ring substituents is 1. The van der Waals surface area contributed by atoms with Crippen LogP contribution in [0.15, 0.2) is 24.3 Å². The molecule has 17 heavy (non-hydrogen) atoms. The van der Waals surface area contributed by atoms with Gasteiger partial charge in [-0.25, -0.2) is 0 Å². The average Bonchev–Trinajstić information content (AvgIpc) is 2.34. The third kappa shape index (κ3) is 4.13. The molecule has 1 unspecified atom stereocenters. The highest BCUT2D eigenvalue weighted by atomic mass is 16.6. The van der Waals surface area contributed by atoms with Gasteiger partial charge in [0.25, 0.3) is 5.69 Å². The van der Waals surface area contributed by atoms with Crippen LogP contribution in [0.5, 0.6) is 0 Å². The van der Waals surface area contributed by atoms with Gasteiger partial charge in [-0.2, -0.15) is 0 Å². The Morgan fingerprint density at radius 3 is 2.88 bits per heavy atom. The maximum atomic E-state index is 10.7. The third-order valence-corrected chi connectivity index (χ3v) is 2.60. The molecule has 1 atom stereocenters. The molecule has 0 fully saturated rings. The van der Waals surface area contributed by atoms with Crippen molar-refractivity contribution in [3.63, 3.8) is 0 Å². The summed E-state index contributed by atoms with van der Waals surface area (Å²) in [4.78, 5) is 10.3. The van der Waals surface area contributed by atoms with Crippen molar-refractivity contribution >= 4 is 5.69 Å². The highest BCUT2D eigenvalue weighted by Gasteiger charge is 2.13. The van der Waals surface area contributed by atoms with E-state index in [1.54, 1.807) is 12.1 Å². The fourth-order valence-electron chi connectivity index (χ4n) is 1.79. The lowest BCUT2D eigenvalue weighted by molar-refractivity contribution is -0.384. The lowest BCUT2D eigenvalue weighted by atomic mass is 10.0. The van der Waals surface area contributed by atoms with Gasteiger partial charge in [-0.05, 0) is 12.0 Å². The molecular weight excluding hydrogens is 218 g/mol. The molecule has 0 aliphatic rings. The van der Waals surface area contributed by atoms with E-state index in [9.17, 15) is 10.1 Å². The van der Waals surface area contributed by atoms with Gasteiger partial charge in [0.1, 0.15) is 0 Å². The fourth-order valence-corrected chi connectivity index (χ4v) is 1.79. The zero-order valence-electron chi connectivity index (χ0n) is 10.1. The van der Waals surface area contributed by atoms with Crippen LogP contribution in [0.3, 0.4) is 0 Å². The second-order valence-corrected chi connectivity index (χ2v) is 3.94. The number of hydrogen-bond donors (Lipinski definition) is 2. The zero-order valence-corrected chi connectivity index (χ0v) is 10.1. The van der Waals surface area contributed by atoms with Gasteiger partial charge in [0.15, 0.2) is 0 Å². The molecule has 0 spiro atoms. The first-order valence-corrected chi connectivity index (χ1v) is 5.86. The van der Waals surface area contributed by atoms with Gasteiger partial charge in [-0.1, -0.05) is 25.5 Å². The van der Waals surface area contributed by atoms with Gasteiger partial charge < -0.3 is 11.1 Å². The van der Waals surface area contributed by atoms with E-state index < -0.39 is 0 Å². The minimum absolute atomic E-state index is 0.137. The van der Waals surface area contributed by atoms with Crippen LogP contribution in [-0.4, -0.2) is 18.0 Å². The number of nitro benzene ring substituents is 1. The number of rotatable bonds is 7. The van der Waals surface area contributed by atoms with Crippen molar-refractivity contribution < 1.29 is 4.92 Å². The van der Waals surface area contributed by atoms with Crippen molar-refractivity contribution in [1.82, 2.24) is 5.32 Å². The van der Waals surface area contributed by atoms with Gasteiger partial charge >= 0.3 is 0 Å². The molecule has 1 rings (SSSR count). The van der Waals surface area contributed by atoms with Crippen molar-refractivity contribution in [2.75, 3.05) is 13.1 Å². The summed E-state index contributed by atoms with van der Waals surface area (Å²) in [6.07, 6.45) is 1.96. The van der Waals surface area contributed by atoms with Crippen molar-refractivity contribution in [2.45, 2.75) is 25.8 Å². The van der Waals surface area contributed by atoms with Gasteiger partial charge in [0.05, 0.1) is 4.92 Å². The van der Waals surface area contributed by atoms with E-state index in [-0.39, 0.29) is 16.7 Å². The molecule has 0 aliphatic heterocycles. The summed E-state index contributed by atoms with van der Waals surface area (Å²) < 4.78 is 0. The maximum absolute atomic E-state index is 10.7. The van der Waals surface area contributed by atoms with Crippen molar-refractivity contribution in [3.05, 3.63) is 39.9 Å². The summed E-state index contributed by atoms with van der Waals surface area (Å²) in [6.45, 7) is 3.37. The summed E-state index contributed by atoms with van der Waals surface area (Å²) in [5, 5.41) is 14.0. The molecule has 94 valence electrons. The summed E-state index contributed by atoms with van der Waals surface area (Å²) in [5.41, 5.74) is 6.55. The van der Waals surface area contributed by atoms with Crippen LogP contribution in [0.1, 0.15) is 31.4 Å². The normalized spacial score (nSPS) is 12.4. The first-order chi connectivity index (χ1) is 8.19. The molecule has 5 heteroatoms. The van der Waals surface area contributed by atoms with Gasteiger partial charge in [0.2, 0.25) is 0 Å². The Hall–Kier alpha value is -1.46. The predicted octanol–water partition coefficient (Wildman–Crippen LogP) is 1.98.